The fourth-order valence-electron chi connectivity index (χ4n) is 3.00. The van der Waals surface area contributed by atoms with Gasteiger partial charge in [-0.1, -0.05) is 49.1 Å². The molecule has 140 valence electrons. The highest BCUT2D eigenvalue weighted by Gasteiger charge is 2.34. The molecule has 1 aliphatic carbocycles. The zero-order chi connectivity index (χ0) is 18.6. The molecule has 1 fully saturated rings. The lowest BCUT2D eigenvalue weighted by atomic mass is 9.96. The number of hydrogen-bond acceptors (Lipinski definition) is 4. The number of halogens is 4. The van der Waals surface area contributed by atoms with Crippen LogP contribution in [0.15, 0.2) is 30.3 Å². The highest BCUT2D eigenvalue weighted by molar-refractivity contribution is 6.31. The van der Waals surface area contributed by atoms with Gasteiger partial charge in [-0.25, -0.2) is 4.98 Å². The van der Waals surface area contributed by atoms with Crippen LogP contribution in [0.1, 0.15) is 43.4 Å². The first kappa shape index (κ1) is 18.8. The van der Waals surface area contributed by atoms with E-state index in [0.717, 1.165) is 43.7 Å². The third-order valence-electron chi connectivity index (χ3n) is 4.37. The highest BCUT2D eigenvalue weighted by Crippen LogP contribution is 2.30. The maximum Gasteiger partial charge on any atom is 0.433 e. The number of aromatic nitrogens is 2. The van der Waals surface area contributed by atoms with Crippen molar-refractivity contribution in [2.75, 3.05) is 10.6 Å². The molecule has 8 heteroatoms. The molecule has 2 N–H and O–H groups in total. The molecule has 0 aliphatic heterocycles. The molecule has 1 aliphatic rings. The van der Waals surface area contributed by atoms with Gasteiger partial charge in [-0.3, -0.25) is 0 Å². The van der Waals surface area contributed by atoms with Gasteiger partial charge in [0.1, 0.15) is 5.82 Å². The summed E-state index contributed by atoms with van der Waals surface area (Å²) >= 11 is 6.09. The average molecular weight is 385 g/mol. The Balaban J connectivity index is 1.79. The highest BCUT2D eigenvalue weighted by atomic mass is 35.5. The molecule has 0 atom stereocenters. The summed E-state index contributed by atoms with van der Waals surface area (Å²) < 4.78 is 39.6. The summed E-state index contributed by atoms with van der Waals surface area (Å²) in [6.45, 7) is 0.275. The average Bonchev–Trinajstić information content (AvgIpc) is 2.61. The van der Waals surface area contributed by atoms with Crippen LogP contribution in [0.2, 0.25) is 5.02 Å². The maximum absolute atomic E-state index is 13.2. The minimum absolute atomic E-state index is 0.00776. The van der Waals surface area contributed by atoms with E-state index in [1.165, 1.54) is 0 Å². The second-order valence-electron chi connectivity index (χ2n) is 6.38. The minimum Gasteiger partial charge on any atom is -0.366 e. The summed E-state index contributed by atoms with van der Waals surface area (Å²) in [6.07, 6.45) is 0.589. The molecule has 0 bridgehead atoms. The smallest absolute Gasteiger partial charge is 0.366 e. The van der Waals surface area contributed by atoms with E-state index in [4.69, 9.17) is 11.6 Å². The van der Waals surface area contributed by atoms with Crippen LogP contribution in [0.5, 0.6) is 0 Å². The van der Waals surface area contributed by atoms with Crippen molar-refractivity contribution in [3.63, 3.8) is 0 Å². The topological polar surface area (TPSA) is 49.8 Å². The standard InChI is InChI=1S/C18H20ClF3N4/c19-14-9-5-4-6-12(14)11-23-16-10-15(18(20,21)22)25-17(26-16)24-13-7-2-1-3-8-13/h4-6,9-10,13H,1-3,7-8,11H2,(H2,23,24,25,26). The largest absolute Gasteiger partial charge is 0.433 e. The summed E-state index contributed by atoms with van der Waals surface area (Å²) in [7, 11) is 0. The lowest BCUT2D eigenvalue weighted by molar-refractivity contribution is -0.141. The molecule has 1 aromatic carbocycles. The molecule has 0 saturated heterocycles. The fraction of sp³-hybridized carbons (Fsp3) is 0.444. The number of rotatable bonds is 5. The second kappa shape index (κ2) is 8.12. The van der Waals surface area contributed by atoms with Crippen LogP contribution >= 0.6 is 11.6 Å². The molecule has 0 unspecified atom stereocenters. The van der Waals surface area contributed by atoms with Crippen molar-refractivity contribution < 1.29 is 13.2 Å². The number of nitrogens with one attached hydrogen (secondary N) is 2. The van der Waals surface area contributed by atoms with Gasteiger partial charge in [-0.05, 0) is 24.5 Å². The minimum atomic E-state index is -4.53. The van der Waals surface area contributed by atoms with E-state index < -0.39 is 11.9 Å². The van der Waals surface area contributed by atoms with Crippen LogP contribution < -0.4 is 10.6 Å². The van der Waals surface area contributed by atoms with Crippen molar-refractivity contribution in [1.82, 2.24) is 9.97 Å². The first-order chi connectivity index (χ1) is 12.4. The van der Waals surface area contributed by atoms with Crippen molar-refractivity contribution in [3.05, 3.63) is 46.6 Å². The lowest BCUT2D eigenvalue weighted by Crippen LogP contribution is -2.24. The number of anilines is 2. The Morgan fingerprint density at radius 3 is 2.50 bits per heavy atom. The molecule has 3 rings (SSSR count). The van der Waals surface area contributed by atoms with E-state index >= 15 is 0 Å². The van der Waals surface area contributed by atoms with Crippen LogP contribution in [0.4, 0.5) is 24.9 Å². The number of hydrogen-bond donors (Lipinski definition) is 2. The Labute approximate surface area is 155 Å². The Hall–Kier alpha value is -2.02. The number of alkyl halides is 3. The zero-order valence-electron chi connectivity index (χ0n) is 14.1. The molecule has 1 saturated carbocycles. The van der Waals surface area contributed by atoms with Gasteiger partial charge < -0.3 is 10.6 Å². The zero-order valence-corrected chi connectivity index (χ0v) is 14.9. The molecule has 4 nitrogen and oxygen atoms in total. The quantitative estimate of drug-likeness (QED) is 0.714. The first-order valence-electron chi connectivity index (χ1n) is 8.62. The van der Waals surface area contributed by atoms with Crippen molar-refractivity contribution in [3.8, 4) is 0 Å². The van der Waals surface area contributed by atoms with Crippen LogP contribution in [-0.2, 0) is 12.7 Å². The van der Waals surface area contributed by atoms with Gasteiger partial charge in [0.05, 0.1) is 0 Å². The van der Waals surface area contributed by atoms with Gasteiger partial charge in [-0.15, -0.1) is 0 Å². The molecule has 0 radical (unpaired) electrons. The third-order valence-corrected chi connectivity index (χ3v) is 4.74. The maximum atomic E-state index is 13.2. The SMILES string of the molecule is FC(F)(F)c1cc(NCc2ccccc2Cl)nc(NC2CCCCC2)n1. The first-order valence-corrected chi connectivity index (χ1v) is 9.00. The van der Waals surface area contributed by atoms with Crippen molar-refractivity contribution in [2.24, 2.45) is 0 Å². The molecular weight excluding hydrogens is 365 g/mol. The normalized spacial score (nSPS) is 15.7. The van der Waals surface area contributed by atoms with Crippen LogP contribution in [0.3, 0.4) is 0 Å². The predicted molar refractivity (Wildman–Crippen MR) is 96.3 cm³/mol. The van der Waals surface area contributed by atoms with Gasteiger partial charge in [-0.2, -0.15) is 18.2 Å². The summed E-state index contributed by atoms with van der Waals surface area (Å²) in [6, 6.07) is 8.19. The van der Waals surface area contributed by atoms with Crippen LogP contribution in [-0.4, -0.2) is 16.0 Å². The molecule has 1 aromatic heterocycles. The monoisotopic (exact) mass is 384 g/mol. The lowest BCUT2D eigenvalue weighted by Gasteiger charge is -2.23. The van der Waals surface area contributed by atoms with E-state index in [9.17, 15) is 13.2 Å². The summed E-state index contributed by atoms with van der Waals surface area (Å²) in [5.74, 6) is 0.124. The number of nitrogens with zero attached hydrogens (tertiary/aromatic N) is 2. The molecule has 0 amide bonds. The van der Waals surface area contributed by atoms with E-state index in [2.05, 4.69) is 20.6 Å². The van der Waals surface area contributed by atoms with Gasteiger partial charge in [0.15, 0.2) is 5.69 Å². The summed E-state index contributed by atoms with van der Waals surface area (Å²) in [4.78, 5) is 7.87. The Kier molecular flexibility index (Phi) is 5.86. The number of benzene rings is 1. The van der Waals surface area contributed by atoms with Gasteiger partial charge in [0.2, 0.25) is 5.95 Å². The van der Waals surface area contributed by atoms with Gasteiger partial charge in [0.25, 0.3) is 0 Å². The predicted octanol–water partition coefficient (Wildman–Crippen LogP) is 5.51. The molecule has 0 spiro atoms. The third kappa shape index (κ3) is 5.00. The van der Waals surface area contributed by atoms with Crippen LogP contribution in [0.25, 0.3) is 0 Å². The van der Waals surface area contributed by atoms with Gasteiger partial charge >= 0.3 is 6.18 Å². The molecular formula is C18H20ClF3N4. The van der Waals surface area contributed by atoms with Gasteiger partial charge in [0, 0.05) is 23.7 Å². The van der Waals surface area contributed by atoms with Crippen molar-refractivity contribution in [2.45, 2.75) is 50.9 Å². The molecule has 1 heterocycles. The van der Waals surface area contributed by atoms with Crippen molar-refractivity contribution in [1.29, 1.82) is 0 Å². The Morgan fingerprint density at radius 2 is 1.81 bits per heavy atom. The van der Waals surface area contributed by atoms with E-state index in [1.807, 2.05) is 12.1 Å². The fourth-order valence-corrected chi connectivity index (χ4v) is 3.21. The van der Waals surface area contributed by atoms with E-state index in [0.29, 0.717) is 5.02 Å². The summed E-state index contributed by atoms with van der Waals surface area (Å²) in [5, 5.41) is 6.52. The van der Waals surface area contributed by atoms with Crippen molar-refractivity contribution >= 4 is 23.4 Å². The van der Waals surface area contributed by atoms with E-state index in [-0.39, 0.29) is 24.4 Å². The molecule has 26 heavy (non-hydrogen) atoms. The summed E-state index contributed by atoms with van der Waals surface area (Å²) in [5.41, 5.74) is -0.185. The second-order valence-corrected chi connectivity index (χ2v) is 6.79. The van der Waals surface area contributed by atoms with E-state index in [1.54, 1.807) is 12.1 Å². The molecule has 2 aromatic rings. The Morgan fingerprint density at radius 1 is 1.08 bits per heavy atom. The van der Waals surface area contributed by atoms with Crippen LogP contribution in [0, 0.1) is 0 Å². The Bertz CT molecular complexity index is 745.